The molecule has 0 saturated carbocycles. The summed E-state index contributed by atoms with van der Waals surface area (Å²) in [4.78, 5) is 4.10. The molecule has 4 rings (SSSR count). The van der Waals surface area contributed by atoms with Crippen LogP contribution in [-0.4, -0.2) is 31.9 Å². The Hall–Kier alpha value is -3.40. The van der Waals surface area contributed by atoms with Gasteiger partial charge in [0.05, 0.1) is 12.7 Å². The number of hydrogen-bond donors (Lipinski definition) is 0. The Bertz CT molecular complexity index is 1240. The van der Waals surface area contributed by atoms with E-state index in [2.05, 4.69) is 20.3 Å². The third kappa shape index (κ3) is 3.61. The minimum absolute atomic E-state index is 0.00301. The van der Waals surface area contributed by atoms with Gasteiger partial charge in [-0.15, -0.1) is 15.3 Å². The highest BCUT2D eigenvalue weighted by atomic mass is 35.5. The first-order valence-electron chi connectivity index (χ1n) is 8.55. The van der Waals surface area contributed by atoms with Crippen LogP contribution in [0.15, 0.2) is 42.6 Å². The molecular weight excluding hydrogens is 423 g/mol. The van der Waals surface area contributed by atoms with Gasteiger partial charge in [-0.25, -0.2) is 4.98 Å². The quantitative estimate of drug-likeness (QED) is 0.450. The number of alkyl halides is 3. The second-order valence-electron chi connectivity index (χ2n) is 6.24. The molecule has 0 bridgehead atoms. The van der Waals surface area contributed by atoms with Gasteiger partial charge in [0, 0.05) is 29.0 Å². The van der Waals surface area contributed by atoms with Crippen LogP contribution in [0.2, 0.25) is 5.28 Å². The topological polar surface area (TPSA) is 74.4 Å². The Morgan fingerprint density at radius 3 is 2.60 bits per heavy atom. The minimum atomic E-state index is -4.56. The molecule has 4 aromatic rings. The van der Waals surface area contributed by atoms with Crippen molar-refractivity contribution in [3.8, 4) is 28.6 Å². The van der Waals surface area contributed by atoms with E-state index >= 15 is 0 Å². The number of aromatic nitrogens is 5. The fourth-order valence-corrected chi connectivity index (χ4v) is 3.05. The van der Waals surface area contributed by atoms with Crippen molar-refractivity contribution < 1.29 is 22.6 Å². The number of fused-ring (bicyclic) bond motifs is 1. The molecule has 0 amide bonds. The van der Waals surface area contributed by atoms with Crippen LogP contribution in [0.25, 0.3) is 16.8 Å². The van der Waals surface area contributed by atoms with Crippen molar-refractivity contribution in [2.75, 3.05) is 7.11 Å². The number of ether oxygens (including phenoxy) is 2. The minimum Gasteiger partial charge on any atom is -0.481 e. The Labute approximate surface area is 173 Å². The monoisotopic (exact) mass is 435 g/mol. The van der Waals surface area contributed by atoms with Crippen LogP contribution in [0.4, 0.5) is 13.2 Å². The predicted molar refractivity (Wildman–Crippen MR) is 102 cm³/mol. The zero-order chi connectivity index (χ0) is 21.5. The number of aryl methyl sites for hydroxylation is 1. The molecule has 7 nitrogen and oxygen atoms in total. The van der Waals surface area contributed by atoms with Crippen molar-refractivity contribution in [1.29, 1.82) is 0 Å². The first-order valence-corrected chi connectivity index (χ1v) is 8.93. The molecule has 0 aliphatic rings. The number of halogens is 4. The van der Waals surface area contributed by atoms with Crippen LogP contribution in [0.3, 0.4) is 0 Å². The second-order valence-corrected chi connectivity index (χ2v) is 6.58. The lowest BCUT2D eigenvalue weighted by Gasteiger charge is -2.15. The van der Waals surface area contributed by atoms with Gasteiger partial charge in [-0.1, -0.05) is 0 Å². The Balaban J connectivity index is 1.88. The second kappa shape index (κ2) is 7.45. The fourth-order valence-electron chi connectivity index (χ4n) is 2.90. The molecule has 11 heteroatoms. The van der Waals surface area contributed by atoms with E-state index < -0.39 is 11.7 Å². The normalized spacial score (nSPS) is 11.7. The lowest BCUT2D eigenvalue weighted by molar-refractivity contribution is -0.137. The van der Waals surface area contributed by atoms with Gasteiger partial charge in [-0.05, 0) is 48.9 Å². The van der Waals surface area contributed by atoms with Crippen LogP contribution in [0.5, 0.6) is 17.5 Å². The zero-order valence-corrected chi connectivity index (χ0v) is 16.4. The van der Waals surface area contributed by atoms with E-state index in [-0.39, 0.29) is 22.8 Å². The largest absolute Gasteiger partial charge is 0.481 e. The summed E-state index contributed by atoms with van der Waals surface area (Å²) in [6.07, 6.45) is -3.04. The average Bonchev–Trinajstić information content (AvgIpc) is 3.08. The molecule has 30 heavy (non-hydrogen) atoms. The smallest absolute Gasteiger partial charge is 0.416 e. The molecule has 154 valence electrons. The molecular formula is C19H13ClF3N5O2. The number of hydrogen-bond acceptors (Lipinski definition) is 6. The van der Waals surface area contributed by atoms with Gasteiger partial charge in [-0.3, -0.25) is 0 Å². The van der Waals surface area contributed by atoms with E-state index in [4.69, 9.17) is 21.1 Å². The van der Waals surface area contributed by atoms with Crippen LogP contribution >= 0.6 is 11.6 Å². The lowest BCUT2D eigenvalue weighted by atomic mass is 10.0. The van der Waals surface area contributed by atoms with Gasteiger partial charge in [0.15, 0.2) is 5.65 Å². The van der Waals surface area contributed by atoms with Crippen molar-refractivity contribution in [3.05, 3.63) is 59.0 Å². The highest BCUT2D eigenvalue weighted by molar-refractivity contribution is 6.28. The number of methoxy groups -OCH3 is 1. The Kier molecular flexibility index (Phi) is 4.94. The van der Waals surface area contributed by atoms with Crippen molar-refractivity contribution >= 4 is 17.2 Å². The molecule has 1 aromatic carbocycles. The van der Waals surface area contributed by atoms with Crippen LogP contribution in [0, 0.1) is 6.92 Å². The van der Waals surface area contributed by atoms with Gasteiger partial charge < -0.3 is 9.47 Å². The number of benzene rings is 1. The molecule has 0 aliphatic heterocycles. The summed E-state index contributed by atoms with van der Waals surface area (Å²) in [7, 11) is 1.42. The van der Waals surface area contributed by atoms with E-state index in [1.807, 2.05) is 0 Å². The lowest BCUT2D eigenvalue weighted by Crippen LogP contribution is -2.06. The van der Waals surface area contributed by atoms with Crippen molar-refractivity contribution in [1.82, 2.24) is 24.8 Å². The SMILES string of the molecule is COc1ncccc1-c1ccc(C(F)(F)F)cc1Oc1cc(C)c2nnc(Cl)n2n1. The van der Waals surface area contributed by atoms with Crippen molar-refractivity contribution in [3.63, 3.8) is 0 Å². The van der Waals surface area contributed by atoms with E-state index in [0.717, 1.165) is 12.1 Å². The Morgan fingerprint density at radius 1 is 1.07 bits per heavy atom. The Morgan fingerprint density at radius 2 is 1.87 bits per heavy atom. The summed E-state index contributed by atoms with van der Waals surface area (Å²) in [6, 6.07) is 8.01. The molecule has 0 aliphatic carbocycles. The van der Waals surface area contributed by atoms with Gasteiger partial charge in [0.2, 0.25) is 17.0 Å². The molecule has 0 unspecified atom stereocenters. The summed E-state index contributed by atoms with van der Waals surface area (Å²) in [5.74, 6) is 0.181. The van der Waals surface area contributed by atoms with E-state index in [0.29, 0.717) is 22.3 Å². The van der Waals surface area contributed by atoms with Gasteiger partial charge in [0.25, 0.3) is 0 Å². The van der Waals surface area contributed by atoms with Gasteiger partial charge in [-0.2, -0.15) is 17.7 Å². The van der Waals surface area contributed by atoms with Gasteiger partial charge in [0.1, 0.15) is 5.75 Å². The first kappa shape index (κ1) is 19.9. The zero-order valence-electron chi connectivity index (χ0n) is 15.6. The average molecular weight is 436 g/mol. The maximum atomic E-state index is 13.3. The summed E-state index contributed by atoms with van der Waals surface area (Å²) in [5.41, 5.74) is 0.980. The first-order chi connectivity index (χ1) is 14.3. The number of rotatable bonds is 4. The molecule has 3 heterocycles. The molecule has 0 spiro atoms. The van der Waals surface area contributed by atoms with Crippen LogP contribution < -0.4 is 9.47 Å². The standard InChI is InChI=1S/C19H13ClF3N5O2/c1-10-8-15(27-28-16(10)25-26-18(28)20)30-14-9-11(19(21,22)23)5-6-12(14)13-4-3-7-24-17(13)29-2/h3-9H,1-2H3. The molecule has 0 saturated heterocycles. The summed E-state index contributed by atoms with van der Waals surface area (Å²) in [5, 5.41) is 11.8. The maximum Gasteiger partial charge on any atom is 0.416 e. The van der Waals surface area contributed by atoms with Crippen molar-refractivity contribution in [2.45, 2.75) is 13.1 Å². The van der Waals surface area contributed by atoms with E-state index in [9.17, 15) is 13.2 Å². The summed E-state index contributed by atoms with van der Waals surface area (Å²) < 4.78 is 52.2. The van der Waals surface area contributed by atoms with Crippen molar-refractivity contribution in [2.24, 2.45) is 0 Å². The van der Waals surface area contributed by atoms with Crippen LogP contribution in [0.1, 0.15) is 11.1 Å². The highest BCUT2D eigenvalue weighted by Gasteiger charge is 2.32. The molecule has 0 atom stereocenters. The van der Waals surface area contributed by atoms with E-state index in [1.165, 1.54) is 30.0 Å². The van der Waals surface area contributed by atoms with Gasteiger partial charge >= 0.3 is 6.18 Å². The highest BCUT2D eigenvalue weighted by Crippen LogP contribution is 2.41. The molecule has 0 N–H and O–H groups in total. The van der Waals surface area contributed by atoms with E-state index in [1.54, 1.807) is 19.1 Å². The molecule has 0 radical (unpaired) electrons. The fraction of sp³-hybridized carbons (Fsp3) is 0.158. The predicted octanol–water partition coefficient (Wildman–Crippen LogP) is 4.97. The summed E-state index contributed by atoms with van der Waals surface area (Å²) >= 11 is 5.97. The maximum absolute atomic E-state index is 13.3. The summed E-state index contributed by atoms with van der Waals surface area (Å²) in [6.45, 7) is 1.73. The molecule has 0 fully saturated rings. The third-order valence-corrected chi connectivity index (χ3v) is 4.51. The van der Waals surface area contributed by atoms with Crippen LogP contribution in [-0.2, 0) is 6.18 Å². The number of pyridine rings is 1. The number of nitrogens with zero attached hydrogens (tertiary/aromatic N) is 5. The third-order valence-electron chi connectivity index (χ3n) is 4.27. The molecule has 3 aromatic heterocycles.